The molecule has 0 aliphatic carbocycles. The third kappa shape index (κ3) is 6.89. The number of hydrogen-bond acceptors (Lipinski definition) is 2. The molecular weight excluding hydrogens is 370 g/mol. The van der Waals surface area contributed by atoms with Crippen LogP contribution in [0.3, 0.4) is 0 Å². The van der Waals surface area contributed by atoms with E-state index in [4.69, 9.17) is 0 Å². The van der Waals surface area contributed by atoms with Gasteiger partial charge in [-0.15, -0.1) is 3.77 Å². The Labute approximate surface area is 139 Å². The second-order valence-electron chi connectivity index (χ2n) is 4.64. The summed E-state index contributed by atoms with van der Waals surface area (Å²) in [5.41, 5.74) is 0. The molecule has 0 radical (unpaired) electrons. The zero-order valence-corrected chi connectivity index (χ0v) is 15.7. The highest BCUT2D eigenvalue weighted by Gasteiger charge is 2.13. The van der Waals surface area contributed by atoms with E-state index in [1.165, 1.54) is 12.8 Å². The van der Waals surface area contributed by atoms with Gasteiger partial charge in [0.25, 0.3) is 10.0 Å². The maximum absolute atomic E-state index is 12.3. The first kappa shape index (κ1) is 18.6. The SMILES string of the molecule is CC=CS(CCCCCC)=NS(=O)(=O)c1ccc(Br)cc1. The molecule has 1 unspecified atom stereocenters. The molecule has 6 heteroatoms. The zero-order valence-electron chi connectivity index (χ0n) is 12.5. The minimum absolute atomic E-state index is 0.251. The lowest BCUT2D eigenvalue weighted by molar-refractivity contribution is 0.598. The van der Waals surface area contributed by atoms with Crippen molar-refractivity contribution in [2.24, 2.45) is 3.77 Å². The van der Waals surface area contributed by atoms with Gasteiger partial charge in [0.05, 0.1) is 4.90 Å². The molecule has 0 fully saturated rings. The van der Waals surface area contributed by atoms with E-state index in [9.17, 15) is 8.42 Å². The van der Waals surface area contributed by atoms with Crippen LogP contribution in [0.15, 0.2) is 48.9 Å². The van der Waals surface area contributed by atoms with Crippen molar-refractivity contribution < 1.29 is 8.42 Å². The van der Waals surface area contributed by atoms with Crippen LogP contribution in [0.4, 0.5) is 0 Å². The fourth-order valence-electron chi connectivity index (χ4n) is 1.74. The van der Waals surface area contributed by atoms with Crippen molar-refractivity contribution in [2.45, 2.75) is 44.4 Å². The number of benzene rings is 1. The monoisotopic (exact) mass is 391 g/mol. The smallest absolute Gasteiger partial charge is 0.199 e. The van der Waals surface area contributed by atoms with Crippen molar-refractivity contribution in [2.75, 3.05) is 5.75 Å². The molecule has 0 aliphatic rings. The fourth-order valence-corrected chi connectivity index (χ4v) is 5.28. The second-order valence-corrected chi connectivity index (χ2v) is 9.06. The molecule has 0 spiro atoms. The Morgan fingerprint density at radius 2 is 1.86 bits per heavy atom. The highest BCUT2D eigenvalue weighted by atomic mass is 79.9. The standard InChI is InChI=1S/C15H22BrNO2S2/c1-3-5-6-7-13-20(12-4-2)17-21(18,19)15-10-8-14(16)9-11-15/h4,8-12H,3,5-7,13H2,1-2H3. The molecule has 0 saturated carbocycles. The van der Waals surface area contributed by atoms with Crippen LogP contribution in [-0.2, 0) is 20.7 Å². The molecule has 0 amide bonds. The van der Waals surface area contributed by atoms with Crippen LogP contribution in [0, 0.1) is 0 Å². The summed E-state index contributed by atoms with van der Waals surface area (Å²) in [6, 6.07) is 6.60. The lowest BCUT2D eigenvalue weighted by Crippen LogP contribution is -2.02. The number of rotatable bonds is 8. The molecule has 0 heterocycles. The number of sulfonamides is 1. The molecule has 0 aliphatic heterocycles. The minimum Gasteiger partial charge on any atom is -0.199 e. The van der Waals surface area contributed by atoms with Gasteiger partial charge in [0.2, 0.25) is 0 Å². The summed E-state index contributed by atoms with van der Waals surface area (Å²) < 4.78 is 29.6. The summed E-state index contributed by atoms with van der Waals surface area (Å²) >= 11 is 3.30. The first-order valence-electron chi connectivity index (χ1n) is 7.06. The predicted molar refractivity (Wildman–Crippen MR) is 94.9 cm³/mol. The number of unbranched alkanes of at least 4 members (excludes halogenated alkanes) is 3. The molecule has 0 saturated heterocycles. The fraction of sp³-hybridized carbons (Fsp3) is 0.467. The summed E-state index contributed by atoms with van der Waals surface area (Å²) in [4.78, 5) is 0.251. The Kier molecular flexibility index (Phi) is 8.44. The quantitative estimate of drug-likeness (QED) is 0.581. The molecule has 3 nitrogen and oxygen atoms in total. The summed E-state index contributed by atoms with van der Waals surface area (Å²) in [6.07, 6.45) is 6.38. The van der Waals surface area contributed by atoms with Crippen molar-refractivity contribution in [1.82, 2.24) is 0 Å². The normalized spacial score (nSPS) is 13.9. The Balaban J connectivity index is 2.89. The molecule has 21 heavy (non-hydrogen) atoms. The summed E-state index contributed by atoms with van der Waals surface area (Å²) in [6.45, 7) is 4.06. The second kappa shape index (κ2) is 9.54. The van der Waals surface area contributed by atoms with Gasteiger partial charge < -0.3 is 0 Å². The average molecular weight is 392 g/mol. The van der Waals surface area contributed by atoms with Crippen LogP contribution >= 0.6 is 15.9 Å². The van der Waals surface area contributed by atoms with Gasteiger partial charge in [-0.1, -0.05) is 58.9 Å². The Morgan fingerprint density at radius 3 is 2.43 bits per heavy atom. The predicted octanol–water partition coefficient (Wildman–Crippen LogP) is 5.05. The topological polar surface area (TPSA) is 46.5 Å². The van der Waals surface area contributed by atoms with E-state index in [1.807, 2.05) is 18.4 Å². The van der Waals surface area contributed by atoms with Crippen molar-refractivity contribution in [3.63, 3.8) is 0 Å². The first-order chi connectivity index (χ1) is 9.99. The largest absolute Gasteiger partial charge is 0.288 e. The lowest BCUT2D eigenvalue weighted by Gasteiger charge is -2.05. The van der Waals surface area contributed by atoms with E-state index >= 15 is 0 Å². The average Bonchev–Trinajstić information content (AvgIpc) is 2.44. The van der Waals surface area contributed by atoms with E-state index in [-0.39, 0.29) is 4.90 Å². The third-order valence-corrected chi connectivity index (χ3v) is 7.05. The van der Waals surface area contributed by atoms with Crippen LogP contribution in [0.2, 0.25) is 0 Å². The third-order valence-electron chi connectivity index (χ3n) is 2.81. The van der Waals surface area contributed by atoms with Crippen molar-refractivity contribution in [3.05, 3.63) is 40.2 Å². The zero-order chi connectivity index (χ0) is 15.7. The molecule has 0 N–H and O–H groups in total. The highest BCUT2D eigenvalue weighted by molar-refractivity contribution is 9.10. The van der Waals surface area contributed by atoms with Crippen LogP contribution in [-0.4, -0.2) is 14.2 Å². The van der Waals surface area contributed by atoms with Gasteiger partial charge in [0.15, 0.2) is 0 Å². The Bertz CT molecular complexity index is 593. The van der Waals surface area contributed by atoms with Gasteiger partial charge in [0, 0.05) is 10.2 Å². The number of allylic oxidation sites excluding steroid dienone is 1. The maximum atomic E-state index is 12.3. The van der Waals surface area contributed by atoms with Crippen LogP contribution < -0.4 is 0 Å². The van der Waals surface area contributed by atoms with Gasteiger partial charge >= 0.3 is 0 Å². The van der Waals surface area contributed by atoms with E-state index in [2.05, 4.69) is 26.6 Å². The summed E-state index contributed by atoms with van der Waals surface area (Å²) in [5.74, 6) is 0.806. The Morgan fingerprint density at radius 1 is 1.19 bits per heavy atom. The molecule has 118 valence electrons. The van der Waals surface area contributed by atoms with Crippen LogP contribution in [0.25, 0.3) is 0 Å². The van der Waals surface area contributed by atoms with Gasteiger partial charge in [-0.2, -0.15) is 8.42 Å². The molecule has 0 aromatic heterocycles. The van der Waals surface area contributed by atoms with Gasteiger partial charge in [-0.25, -0.2) is 0 Å². The van der Waals surface area contributed by atoms with E-state index < -0.39 is 20.7 Å². The minimum atomic E-state index is -3.58. The van der Waals surface area contributed by atoms with Crippen LogP contribution in [0.1, 0.15) is 39.5 Å². The maximum Gasteiger partial charge on any atom is 0.288 e. The van der Waals surface area contributed by atoms with Gasteiger partial charge in [-0.05, 0) is 43.0 Å². The lowest BCUT2D eigenvalue weighted by atomic mass is 10.2. The molecular formula is C15H22BrNO2S2. The highest BCUT2D eigenvalue weighted by Crippen LogP contribution is 2.18. The summed E-state index contributed by atoms with van der Waals surface area (Å²) in [7, 11) is -4.13. The Hall–Kier alpha value is -0.460. The molecule has 1 atom stereocenters. The molecule has 0 bridgehead atoms. The van der Waals surface area contributed by atoms with Gasteiger partial charge in [-0.3, -0.25) is 0 Å². The molecule has 1 aromatic rings. The van der Waals surface area contributed by atoms with Crippen molar-refractivity contribution >= 4 is 36.6 Å². The van der Waals surface area contributed by atoms with Crippen molar-refractivity contribution in [3.8, 4) is 0 Å². The number of nitrogens with zero attached hydrogens (tertiary/aromatic N) is 1. The first-order valence-corrected chi connectivity index (χ1v) is 10.7. The molecule has 1 rings (SSSR count). The van der Waals surface area contributed by atoms with E-state index in [0.717, 1.165) is 23.1 Å². The van der Waals surface area contributed by atoms with Gasteiger partial charge in [0.1, 0.15) is 0 Å². The number of halogens is 1. The summed E-state index contributed by atoms with van der Waals surface area (Å²) in [5, 5.41) is 1.89. The van der Waals surface area contributed by atoms with E-state index in [1.54, 1.807) is 24.3 Å². The van der Waals surface area contributed by atoms with E-state index in [0.29, 0.717) is 0 Å². The van der Waals surface area contributed by atoms with Crippen molar-refractivity contribution in [1.29, 1.82) is 0 Å². The molecule has 1 aromatic carbocycles. The van der Waals surface area contributed by atoms with Crippen LogP contribution in [0.5, 0.6) is 0 Å². The number of hydrogen-bond donors (Lipinski definition) is 0.